The molecule has 3 aromatic rings. The van der Waals surface area contributed by atoms with Crippen LogP contribution in [-0.4, -0.2) is 55.1 Å². The van der Waals surface area contributed by atoms with Gasteiger partial charge in [-0.15, -0.1) is 0 Å². The van der Waals surface area contributed by atoms with Crippen molar-refractivity contribution >= 4 is 28.4 Å². The first kappa shape index (κ1) is 20.6. The van der Waals surface area contributed by atoms with E-state index in [4.69, 9.17) is 21.3 Å². The molecule has 0 bridgehead atoms. The number of nitrogens with zero attached hydrogens (tertiary/aromatic N) is 2. The summed E-state index contributed by atoms with van der Waals surface area (Å²) in [4.78, 5) is 21.8. The maximum Gasteiger partial charge on any atom is 0.255 e. The van der Waals surface area contributed by atoms with Crippen molar-refractivity contribution in [1.82, 2.24) is 9.88 Å². The number of para-hydroxylation sites is 1. The van der Waals surface area contributed by atoms with Gasteiger partial charge in [0.1, 0.15) is 5.75 Å². The van der Waals surface area contributed by atoms with E-state index in [0.29, 0.717) is 17.2 Å². The average Bonchev–Trinajstić information content (AvgIpc) is 2.78. The number of rotatable bonds is 5. The minimum atomic E-state index is 0.0370. The van der Waals surface area contributed by atoms with E-state index in [9.17, 15) is 4.79 Å². The van der Waals surface area contributed by atoms with Crippen LogP contribution >= 0.6 is 11.6 Å². The van der Waals surface area contributed by atoms with Crippen molar-refractivity contribution < 1.29 is 14.4 Å². The average molecular weight is 425 g/mol. The zero-order valence-electron chi connectivity index (χ0n) is 17.5. The molecule has 2 heterocycles. The quantitative estimate of drug-likeness (QED) is 0.683. The van der Waals surface area contributed by atoms with Gasteiger partial charge in [0.2, 0.25) is 0 Å². The molecule has 1 saturated heterocycles. The van der Waals surface area contributed by atoms with Gasteiger partial charge in [-0.2, -0.15) is 0 Å². The summed E-state index contributed by atoms with van der Waals surface area (Å²) in [6.07, 6.45) is 0. The van der Waals surface area contributed by atoms with E-state index >= 15 is 0 Å². The Labute approximate surface area is 182 Å². The highest BCUT2D eigenvalue weighted by Gasteiger charge is 2.26. The molecule has 1 aliphatic heterocycles. The molecule has 1 aromatic heterocycles. The predicted octanol–water partition coefficient (Wildman–Crippen LogP) is 3.31. The number of quaternary nitrogens is 1. The monoisotopic (exact) mass is 424 g/mol. The smallest absolute Gasteiger partial charge is 0.255 e. The number of amides is 1. The molecule has 1 amide bonds. The molecule has 1 fully saturated rings. The molecule has 4 rings (SSSR count). The summed E-state index contributed by atoms with van der Waals surface area (Å²) in [5, 5.41) is 1.39. The fourth-order valence-corrected chi connectivity index (χ4v) is 4.19. The molecule has 0 saturated carbocycles. The molecule has 0 unspecified atom stereocenters. The third-order valence-electron chi connectivity index (χ3n) is 5.72. The highest BCUT2D eigenvalue weighted by Crippen LogP contribution is 2.32. The van der Waals surface area contributed by atoms with Crippen molar-refractivity contribution in [2.45, 2.75) is 13.8 Å². The number of fused-ring (bicyclic) bond motifs is 1. The largest absolute Gasteiger partial charge is 0.493 e. The molecule has 0 atom stereocenters. The van der Waals surface area contributed by atoms with Crippen molar-refractivity contribution in [2.75, 3.05) is 39.3 Å². The standard InChI is InChI=1S/C24H26ClN3O2/c1-3-27-11-13-28(14-12-27)24(29)20-16-22(18-7-5-6-8-23(18)30-4-2)26-21-10-9-17(25)15-19(20)21/h5-10,15-16H,3-4,11-14H2,1-2H3/p+1. The van der Waals surface area contributed by atoms with Crippen molar-refractivity contribution in [1.29, 1.82) is 0 Å². The molecular weight excluding hydrogens is 398 g/mol. The number of pyridine rings is 1. The molecule has 0 spiro atoms. The van der Waals surface area contributed by atoms with Crippen molar-refractivity contribution in [3.8, 4) is 17.0 Å². The Morgan fingerprint density at radius 3 is 2.63 bits per heavy atom. The van der Waals surface area contributed by atoms with Crippen LogP contribution in [-0.2, 0) is 0 Å². The lowest BCUT2D eigenvalue weighted by atomic mass is 10.0. The Balaban J connectivity index is 1.80. The number of carbonyl (C=O) groups is 1. The van der Waals surface area contributed by atoms with E-state index in [0.717, 1.165) is 60.6 Å². The molecule has 1 aliphatic rings. The maximum atomic E-state index is 13.5. The Bertz CT molecular complexity index is 1060. The number of ether oxygens (including phenoxy) is 1. The number of benzene rings is 2. The fourth-order valence-electron chi connectivity index (χ4n) is 4.02. The number of nitrogens with one attached hydrogen (secondary N) is 1. The molecular formula is C24H27ClN3O2+. The highest BCUT2D eigenvalue weighted by molar-refractivity contribution is 6.31. The van der Waals surface area contributed by atoms with E-state index in [1.54, 1.807) is 0 Å². The number of hydrogen-bond acceptors (Lipinski definition) is 3. The zero-order valence-corrected chi connectivity index (χ0v) is 18.2. The molecule has 0 aliphatic carbocycles. The van der Waals surface area contributed by atoms with Crippen molar-refractivity contribution in [2.24, 2.45) is 0 Å². The van der Waals surface area contributed by atoms with Gasteiger partial charge in [-0.05, 0) is 50.2 Å². The van der Waals surface area contributed by atoms with Crippen LogP contribution in [0.2, 0.25) is 5.02 Å². The van der Waals surface area contributed by atoms with Gasteiger partial charge in [0.05, 0.1) is 56.1 Å². The Morgan fingerprint density at radius 2 is 1.90 bits per heavy atom. The number of hydrogen-bond donors (Lipinski definition) is 1. The SMILES string of the molecule is CCOc1ccccc1-c1cc(C(=O)N2CC[NH+](CC)CC2)c2cc(Cl)ccc2n1. The van der Waals surface area contributed by atoms with Gasteiger partial charge < -0.3 is 14.5 Å². The second-order valence-corrected chi connectivity index (χ2v) is 7.98. The first-order valence-electron chi connectivity index (χ1n) is 10.6. The van der Waals surface area contributed by atoms with E-state index < -0.39 is 0 Å². The van der Waals surface area contributed by atoms with Crippen LogP contribution in [0.25, 0.3) is 22.2 Å². The molecule has 5 nitrogen and oxygen atoms in total. The lowest BCUT2D eigenvalue weighted by molar-refractivity contribution is -0.902. The molecule has 156 valence electrons. The Hall–Kier alpha value is -2.63. The maximum absolute atomic E-state index is 13.5. The highest BCUT2D eigenvalue weighted by atomic mass is 35.5. The summed E-state index contributed by atoms with van der Waals surface area (Å²) in [5.74, 6) is 0.800. The van der Waals surface area contributed by atoms with Crippen molar-refractivity contribution in [3.63, 3.8) is 0 Å². The fraction of sp³-hybridized carbons (Fsp3) is 0.333. The van der Waals surface area contributed by atoms with E-state index in [-0.39, 0.29) is 5.91 Å². The lowest BCUT2D eigenvalue weighted by Crippen LogP contribution is -3.14. The molecule has 0 radical (unpaired) electrons. The van der Waals surface area contributed by atoms with Crippen LogP contribution in [0.3, 0.4) is 0 Å². The van der Waals surface area contributed by atoms with Gasteiger partial charge >= 0.3 is 0 Å². The lowest BCUT2D eigenvalue weighted by Gasteiger charge is -2.32. The van der Waals surface area contributed by atoms with Gasteiger partial charge in [0.15, 0.2) is 0 Å². The van der Waals surface area contributed by atoms with E-state index in [1.165, 1.54) is 4.90 Å². The molecule has 1 N–H and O–H groups in total. The number of carbonyl (C=O) groups excluding carboxylic acids is 1. The Morgan fingerprint density at radius 1 is 1.13 bits per heavy atom. The van der Waals surface area contributed by atoms with Gasteiger partial charge in [0, 0.05) is 16.0 Å². The van der Waals surface area contributed by atoms with Gasteiger partial charge in [0.25, 0.3) is 5.91 Å². The van der Waals surface area contributed by atoms with Gasteiger partial charge in [-0.3, -0.25) is 4.79 Å². The van der Waals surface area contributed by atoms with Crippen LogP contribution in [0.4, 0.5) is 0 Å². The van der Waals surface area contributed by atoms with Crippen LogP contribution in [0.15, 0.2) is 48.5 Å². The first-order chi connectivity index (χ1) is 14.6. The van der Waals surface area contributed by atoms with Crippen LogP contribution in [0.1, 0.15) is 24.2 Å². The second kappa shape index (κ2) is 9.02. The number of aromatic nitrogens is 1. The van der Waals surface area contributed by atoms with Gasteiger partial charge in [-0.1, -0.05) is 23.7 Å². The van der Waals surface area contributed by atoms with Gasteiger partial charge in [-0.25, -0.2) is 4.98 Å². The minimum Gasteiger partial charge on any atom is -0.493 e. The molecule has 6 heteroatoms. The first-order valence-corrected chi connectivity index (χ1v) is 10.9. The summed E-state index contributed by atoms with van der Waals surface area (Å²) >= 11 is 6.27. The third-order valence-corrected chi connectivity index (χ3v) is 5.96. The minimum absolute atomic E-state index is 0.0370. The molecule has 30 heavy (non-hydrogen) atoms. The normalized spacial score (nSPS) is 14.8. The summed E-state index contributed by atoms with van der Waals surface area (Å²) in [6, 6.07) is 15.2. The number of piperazine rings is 1. The number of halogens is 1. The van der Waals surface area contributed by atoms with Crippen LogP contribution < -0.4 is 9.64 Å². The Kier molecular flexibility index (Phi) is 6.21. The van der Waals surface area contributed by atoms with Crippen LogP contribution in [0.5, 0.6) is 5.75 Å². The topological polar surface area (TPSA) is 46.9 Å². The van der Waals surface area contributed by atoms with Crippen molar-refractivity contribution in [3.05, 3.63) is 59.1 Å². The summed E-state index contributed by atoms with van der Waals surface area (Å²) in [6.45, 7) is 9.28. The summed E-state index contributed by atoms with van der Waals surface area (Å²) in [7, 11) is 0. The zero-order chi connectivity index (χ0) is 21.1. The third kappa shape index (κ3) is 4.13. The van der Waals surface area contributed by atoms with E-state index in [2.05, 4.69) is 6.92 Å². The molecule has 2 aromatic carbocycles. The van der Waals surface area contributed by atoms with Crippen LogP contribution in [0, 0.1) is 0 Å². The second-order valence-electron chi connectivity index (χ2n) is 7.54. The van der Waals surface area contributed by atoms with E-state index in [1.807, 2.05) is 60.4 Å². The summed E-state index contributed by atoms with van der Waals surface area (Å²) in [5.41, 5.74) is 3.01. The predicted molar refractivity (Wildman–Crippen MR) is 120 cm³/mol. The number of likely N-dealkylation sites (N-methyl/N-ethyl adjacent to an activating group) is 1. The summed E-state index contributed by atoms with van der Waals surface area (Å²) < 4.78 is 5.80.